The minimum Gasteiger partial charge on any atom is -0.487 e. The Kier molecular flexibility index (Phi) is 7.77. The van der Waals surface area contributed by atoms with Crippen LogP contribution < -0.4 is 9.64 Å². The number of benzene rings is 1. The van der Waals surface area contributed by atoms with Gasteiger partial charge in [-0.2, -0.15) is 0 Å². The third-order valence-corrected chi connectivity index (χ3v) is 6.09. The van der Waals surface area contributed by atoms with Crippen LogP contribution in [0.15, 0.2) is 36.7 Å². The predicted octanol–water partition coefficient (Wildman–Crippen LogP) is 3.13. The summed E-state index contributed by atoms with van der Waals surface area (Å²) >= 11 is 0. The molecule has 1 amide bonds. The van der Waals surface area contributed by atoms with Crippen molar-refractivity contribution < 1.29 is 19.7 Å². The summed E-state index contributed by atoms with van der Waals surface area (Å²) in [4.78, 5) is 29.8. The van der Waals surface area contributed by atoms with Crippen LogP contribution in [0.2, 0.25) is 0 Å². The van der Waals surface area contributed by atoms with E-state index in [0.29, 0.717) is 42.3 Å². The molecule has 1 unspecified atom stereocenters. The van der Waals surface area contributed by atoms with Gasteiger partial charge in [0.25, 0.3) is 5.91 Å². The summed E-state index contributed by atoms with van der Waals surface area (Å²) in [6.45, 7) is 4.93. The van der Waals surface area contributed by atoms with Crippen molar-refractivity contribution in [2.45, 2.75) is 52.5 Å². The molecule has 2 N–H and O–H groups in total. The second-order valence-electron chi connectivity index (χ2n) is 9.27. The number of fused-ring (bicyclic) bond motifs is 2. The Morgan fingerprint density at radius 1 is 1.11 bits per heavy atom. The van der Waals surface area contributed by atoms with Gasteiger partial charge in [-0.3, -0.25) is 14.7 Å². The fraction of sp³-hybridized carbons (Fsp3) is 0.462. The van der Waals surface area contributed by atoms with Crippen molar-refractivity contribution >= 4 is 22.5 Å². The molecule has 1 aromatic carbocycles. The van der Waals surface area contributed by atoms with E-state index in [2.05, 4.69) is 4.98 Å². The zero-order valence-electron chi connectivity index (χ0n) is 20.5. The maximum Gasteiger partial charge on any atom is 0.279 e. The van der Waals surface area contributed by atoms with E-state index in [1.807, 2.05) is 38.1 Å². The summed E-state index contributed by atoms with van der Waals surface area (Å²) in [5.41, 5.74) is 1.58. The molecule has 1 atom stereocenters. The average molecular weight is 480 g/mol. The van der Waals surface area contributed by atoms with Crippen molar-refractivity contribution in [3.05, 3.63) is 53.7 Å². The molecule has 0 saturated heterocycles. The predicted molar refractivity (Wildman–Crippen MR) is 133 cm³/mol. The van der Waals surface area contributed by atoms with Crippen LogP contribution in [-0.2, 0) is 13.0 Å². The highest BCUT2D eigenvalue weighted by atomic mass is 16.5. The summed E-state index contributed by atoms with van der Waals surface area (Å²) < 4.78 is 6.21. The van der Waals surface area contributed by atoms with E-state index in [9.17, 15) is 9.90 Å². The van der Waals surface area contributed by atoms with Crippen LogP contribution in [0.3, 0.4) is 0 Å². The van der Waals surface area contributed by atoms with Crippen LogP contribution >= 0.6 is 0 Å². The zero-order chi connectivity index (χ0) is 24.9. The molecule has 4 rings (SSSR count). The molecule has 3 heterocycles. The van der Waals surface area contributed by atoms with E-state index in [-0.39, 0.29) is 30.7 Å². The Labute approximate surface area is 205 Å². The van der Waals surface area contributed by atoms with Crippen LogP contribution in [-0.4, -0.2) is 62.5 Å². The van der Waals surface area contributed by atoms with Crippen molar-refractivity contribution in [1.82, 2.24) is 19.9 Å². The van der Waals surface area contributed by atoms with Crippen molar-refractivity contribution in [2.24, 2.45) is 5.92 Å². The van der Waals surface area contributed by atoms with Crippen molar-refractivity contribution in [3.8, 4) is 5.75 Å². The molecule has 9 nitrogen and oxygen atoms in total. The van der Waals surface area contributed by atoms with Gasteiger partial charge in [0.05, 0.1) is 5.69 Å². The lowest BCUT2D eigenvalue weighted by atomic mass is 10.1. The lowest BCUT2D eigenvalue weighted by molar-refractivity contribution is 0.0113. The molecule has 2 aromatic heterocycles. The summed E-state index contributed by atoms with van der Waals surface area (Å²) in [6.07, 6.45) is 5.39. The zero-order valence-corrected chi connectivity index (χ0v) is 20.5. The van der Waals surface area contributed by atoms with E-state index in [4.69, 9.17) is 19.8 Å². The lowest BCUT2D eigenvalue weighted by Crippen LogP contribution is -2.55. The average Bonchev–Trinajstić information content (AvgIpc) is 2.86. The Morgan fingerprint density at radius 2 is 1.94 bits per heavy atom. The maximum absolute atomic E-state index is 13.0. The van der Waals surface area contributed by atoms with Crippen molar-refractivity contribution in [2.75, 3.05) is 25.1 Å². The quantitative estimate of drug-likeness (QED) is 0.427. The fourth-order valence-corrected chi connectivity index (χ4v) is 4.26. The molecule has 1 aliphatic heterocycles. The number of hydrogen-bond acceptors (Lipinski definition) is 8. The highest BCUT2D eigenvalue weighted by molar-refractivity contribution is 5.99. The standard InChI is InChI=1S/C26H33N5O4/c1-17(2)15-31-24-23(25(33)30(3)26(31)34)28-20(9-5-4-6-13-32)21(29-24)16-35-22-10-7-8-18-14-27-12-11-19(18)22/h7-8,10-12,14,17,26,32,34H,4-6,9,13,15-16H2,1-3H3. The van der Waals surface area contributed by atoms with E-state index < -0.39 is 6.35 Å². The Bertz CT molecular complexity index is 1180. The molecule has 1 aliphatic rings. The normalized spacial score (nSPS) is 15.7. The maximum atomic E-state index is 13.0. The molecule has 35 heavy (non-hydrogen) atoms. The highest BCUT2D eigenvalue weighted by Crippen LogP contribution is 2.30. The van der Waals surface area contributed by atoms with Gasteiger partial charge in [0.1, 0.15) is 18.1 Å². The number of aliphatic hydroxyl groups excluding tert-OH is 2. The number of carbonyl (C=O) groups is 1. The van der Waals surface area contributed by atoms with Crippen LogP contribution in [0.1, 0.15) is 55.0 Å². The first-order valence-electron chi connectivity index (χ1n) is 12.1. The first kappa shape index (κ1) is 24.8. The summed E-state index contributed by atoms with van der Waals surface area (Å²) in [7, 11) is 1.57. The largest absolute Gasteiger partial charge is 0.487 e. The second kappa shape index (κ2) is 11.0. The molecule has 3 aromatic rings. The molecule has 9 heteroatoms. The molecule has 0 fully saturated rings. The molecule has 0 spiro atoms. The highest BCUT2D eigenvalue weighted by Gasteiger charge is 2.37. The number of aryl methyl sites for hydroxylation is 1. The smallest absolute Gasteiger partial charge is 0.279 e. The number of unbranched alkanes of at least 4 members (excludes halogenated alkanes) is 2. The molecular weight excluding hydrogens is 446 g/mol. The Morgan fingerprint density at radius 3 is 2.71 bits per heavy atom. The first-order valence-corrected chi connectivity index (χ1v) is 12.1. The van der Waals surface area contributed by atoms with E-state index >= 15 is 0 Å². The van der Waals surface area contributed by atoms with Gasteiger partial charge in [0, 0.05) is 43.4 Å². The van der Waals surface area contributed by atoms with Crippen LogP contribution in [0, 0.1) is 5.92 Å². The van der Waals surface area contributed by atoms with Gasteiger partial charge in [-0.1, -0.05) is 32.4 Å². The lowest BCUT2D eigenvalue weighted by Gasteiger charge is -2.40. The number of anilines is 1. The summed E-state index contributed by atoms with van der Waals surface area (Å²) in [6, 6.07) is 7.72. The van der Waals surface area contributed by atoms with Crippen LogP contribution in [0.25, 0.3) is 10.8 Å². The fourth-order valence-electron chi connectivity index (χ4n) is 4.26. The first-order chi connectivity index (χ1) is 16.9. The molecule has 0 aliphatic carbocycles. The third-order valence-electron chi connectivity index (χ3n) is 6.09. The monoisotopic (exact) mass is 479 g/mol. The summed E-state index contributed by atoms with van der Waals surface area (Å²) in [5, 5.41) is 21.9. The van der Waals surface area contributed by atoms with Crippen LogP contribution in [0.5, 0.6) is 5.75 Å². The SMILES string of the molecule is CC(C)CN1c2nc(COc3cccc4cnccc34)c(CCCCCO)nc2C(=O)N(C)C1O. The molecule has 0 saturated carbocycles. The summed E-state index contributed by atoms with van der Waals surface area (Å²) in [5.74, 6) is 0.980. The van der Waals surface area contributed by atoms with Gasteiger partial charge in [-0.25, -0.2) is 9.97 Å². The topological polar surface area (TPSA) is 112 Å². The number of ether oxygens (including phenoxy) is 1. The third kappa shape index (κ3) is 5.36. The second-order valence-corrected chi connectivity index (χ2v) is 9.27. The van der Waals surface area contributed by atoms with Crippen molar-refractivity contribution in [3.63, 3.8) is 0 Å². The number of aliphatic hydroxyl groups is 2. The number of nitrogens with zero attached hydrogens (tertiary/aromatic N) is 5. The van der Waals surface area contributed by atoms with E-state index in [1.165, 1.54) is 4.90 Å². The molecular formula is C26H33N5O4. The van der Waals surface area contributed by atoms with Gasteiger partial charge in [-0.05, 0) is 37.3 Å². The van der Waals surface area contributed by atoms with Crippen molar-refractivity contribution in [1.29, 1.82) is 0 Å². The number of aromatic nitrogens is 3. The number of pyridine rings is 1. The van der Waals surface area contributed by atoms with Gasteiger partial charge < -0.3 is 19.8 Å². The Balaban J connectivity index is 1.70. The van der Waals surface area contributed by atoms with Gasteiger partial charge in [-0.15, -0.1) is 0 Å². The van der Waals surface area contributed by atoms with Gasteiger partial charge >= 0.3 is 0 Å². The number of carbonyl (C=O) groups excluding carboxylic acids is 1. The van der Waals surface area contributed by atoms with Crippen LogP contribution in [0.4, 0.5) is 5.82 Å². The number of hydrogen-bond donors (Lipinski definition) is 2. The molecule has 186 valence electrons. The number of rotatable bonds is 10. The molecule has 0 radical (unpaired) electrons. The van der Waals surface area contributed by atoms with E-state index in [0.717, 1.165) is 23.6 Å². The minimum absolute atomic E-state index is 0.146. The van der Waals surface area contributed by atoms with E-state index in [1.54, 1.807) is 24.3 Å². The van der Waals surface area contributed by atoms with Gasteiger partial charge in [0.2, 0.25) is 6.35 Å². The molecule has 0 bridgehead atoms. The minimum atomic E-state index is -1.11. The number of amides is 1. The Hall–Kier alpha value is -3.30. The van der Waals surface area contributed by atoms with Gasteiger partial charge in [0.15, 0.2) is 11.5 Å².